The normalized spacial score (nSPS) is 14.6. The second-order valence-corrected chi connectivity index (χ2v) is 5.30. The van der Waals surface area contributed by atoms with Crippen LogP contribution in [0.25, 0.3) is 0 Å². The van der Waals surface area contributed by atoms with Crippen LogP contribution in [0, 0.1) is 0 Å². The third-order valence-electron chi connectivity index (χ3n) is 2.77. The molecule has 4 heteroatoms. The molecule has 1 amide bonds. The third kappa shape index (κ3) is 4.88. The Morgan fingerprint density at radius 1 is 1.29 bits per heavy atom. The molecule has 0 unspecified atom stereocenters. The van der Waals surface area contributed by atoms with E-state index in [4.69, 9.17) is 0 Å². The van der Waals surface area contributed by atoms with Gasteiger partial charge in [0.1, 0.15) is 0 Å². The van der Waals surface area contributed by atoms with E-state index in [1.165, 1.54) is 12.8 Å². The van der Waals surface area contributed by atoms with E-state index in [9.17, 15) is 4.79 Å². The molecule has 1 aliphatic rings. The lowest BCUT2D eigenvalue weighted by Gasteiger charge is -2.06. The van der Waals surface area contributed by atoms with Crippen molar-refractivity contribution in [2.75, 3.05) is 6.54 Å². The molecule has 0 radical (unpaired) electrons. The van der Waals surface area contributed by atoms with E-state index < -0.39 is 0 Å². The summed E-state index contributed by atoms with van der Waals surface area (Å²) in [5.41, 5.74) is 1.12. The smallest absolute Gasteiger partial charge is 0.221 e. The molecule has 1 aromatic rings. The van der Waals surface area contributed by atoms with Gasteiger partial charge in [-0.1, -0.05) is 28.1 Å². The van der Waals surface area contributed by atoms with Crippen LogP contribution in [0.5, 0.6) is 0 Å². The number of hydrogen-bond donors (Lipinski definition) is 2. The van der Waals surface area contributed by atoms with Crippen molar-refractivity contribution < 1.29 is 4.79 Å². The van der Waals surface area contributed by atoms with Crippen molar-refractivity contribution in [2.24, 2.45) is 0 Å². The first-order chi connectivity index (χ1) is 8.24. The zero-order chi connectivity index (χ0) is 12.1. The van der Waals surface area contributed by atoms with Crippen LogP contribution in [0.15, 0.2) is 28.7 Å². The van der Waals surface area contributed by atoms with Crippen molar-refractivity contribution in [2.45, 2.75) is 31.8 Å². The molecule has 2 N–H and O–H groups in total. The number of halogens is 1. The average Bonchev–Trinajstić information content (AvgIpc) is 3.12. The van der Waals surface area contributed by atoms with Crippen LogP contribution in [0.3, 0.4) is 0 Å². The highest BCUT2D eigenvalue weighted by Crippen LogP contribution is 2.18. The lowest BCUT2D eigenvalue weighted by molar-refractivity contribution is -0.121. The second-order valence-electron chi connectivity index (χ2n) is 4.38. The molecule has 2 rings (SSSR count). The summed E-state index contributed by atoms with van der Waals surface area (Å²) in [7, 11) is 0. The Kier molecular flexibility index (Phi) is 4.57. The van der Waals surface area contributed by atoms with Crippen molar-refractivity contribution in [3.8, 4) is 0 Å². The van der Waals surface area contributed by atoms with Gasteiger partial charge in [0, 0.05) is 30.0 Å². The maximum Gasteiger partial charge on any atom is 0.221 e. The van der Waals surface area contributed by atoms with E-state index in [0.29, 0.717) is 19.0 Å². The van der Waals surface area contributed by atoms with Crippen molar-refractivity contribution in [1.29, 1.82) is 0 Å². The summed E-state index contributed by atoms with van der Waals surface area (Å²) in [5.74, 6) is 0.112. The monoisotopic (exact) mass is 296 g/mol. The van der Waals surface area contributed by atoms with E-state index in [1.807, 2.05) is 24.3 Å². The SMILES string of the molecule is O=C(CCNC1CC1)NCc1ccc(Br)cc1. The Morgan fingerprint density at radius 2 is 2.00 bits per heavy atom. The fourth-order valence-electron chi connectivity index (χ4n) is 1.57. The molecular weight excluding hydrogens is 280 g/mol. The minimum absolute atomic E-state index is 0.112. The molecule has 0 spiro atoms. The van der Waals surface area contributed by atoms with Gasteiger partial charge in [0.05, 0.1) is 0 Å². The molecule has 1 fully saturated rings. The van der Waals surface area contributed by atoms with Gasteiger partial charge < -0.3 is 10.6 Å². The van der Waals surface area contributed by atoms with Gasteiger partial charge in [-0.2, -0.15) is 0 Å². The van der Waals surface area contributed by atoms with Crippen molar-refractivity contribution in [3.63, 3.8) is 0 Å². The summed E-state index contributed by atoms with van der Waals surface area (Å²) in [6.07, 6.45) is 3.09. The number of benzene rings is 1. The summed E-state index contributed by atoms with van der Waals surface area (Å²) in [4.78, 5) is 11.5. The van der Waals surface area contributed by atoms with Gasteiger partial charge in [0.2, 0.25) is 5.91 Å². The summed E-state index contributed by atoms with van der Waals surface area (Å²) in [6.45, 7) is 1.40. The molecule has 1 aromatic carbocycles. The lowest BCUT2D eigenvalue weighted by atomic mass is 10.2. The van der Waals surface area contributed by atoms with Crippen LogP contribution >= 0.6 is 15.9 Å². The molecule has 0 atom stereocenters. The first-order valence-corrected chi connectivity index (χ1v) is 6.78. The molecule has 3 nitrogen and oxygen atoms in total. The summed E-state index contributed by atoms with van der Waals surface area (Å²) in [6, 6.07) is 8.65. The zero-order valence-electron chi connectivity index (χ0n) is 9.71. The van der Waals surface area contributed by atoms with Crippen LogP contribution in [0.1, 0.15) is 24.8 Å². The predicted octanol–water partition coefficient (Wildman–Crippen LogP) is 2.21. The first kappa shape index (κ1) is 12.6. The standard InChI is InChI=1S/C13H17BrN2O/c14-11-3-1-10(2-4-11)9-16-13(17)7-8-15-12-5-6-12/h1-4,12,15H,5-9H2,(H,16,17). The molecule has 17 heavy (non-hydrogen) atoms. The number of rotatable bonds is 6. The maximum absolute atomic E-state index is 11.5. The van der Waals surface area contributed by atoms with Gasteiger partial charge in [-0.3, -0.25) is 4.79 Å². The fraction of sp³-hybridized carbons (Fsp3) is 0.462. The van der Waals surface area contributed by atoms with Gasteiger partial charge in [-0.15, -0.1) is 0 Å². The summed E-state index contributed by atoms with van der Waals surface area (Å²) in [5, 5.41) is 6.24. The maximum atomic E-state index is 11.5. The largest absolute Gasteiger partial charge is 0.352 e. The van der Waals surface area contributed by atoms with E-state index in [1.54, 1.807) is 0 Å². The highest BCUT2D eigenvalue weighted by molar-refractivity contribution is 9.10. The van der Waals surface area contributed by atoms with E-state index in [2.05, 4.69) is 26.6 Å². The van der Waals surface area contributed by atoms with Crippen molar-refractivity contribution in [1.82, 2.24) is 10.6 Å². The van der Waals surface area contributed by atoms with Crippen LogP contribution in [0.2, 0.25) is 0 Å². The quantitative estimate of drug-likeness (QED) is 0.845. The average molecular weight is 297 g/mol. The molecule has 0 saturated heterocycles. The second kappa shape index (κ2) is 6.17. The van der Waals surface area contributed by atoms with Crippen LogP contribution in [-0.4, -0.2) is 18.5 Å². The number of carbonyl (C=O) groups is 1. The van der Waals surface area contributed by atoms with Gasteiger partial charge in [0.15, 0.2) is 0 Å². The van der Waals surface area contributed by atoms with Crippen molar-refractivity contribution in [3.05, 3.63) is 34.3 Å². The minimum Gasteiger partial charge on any atom is -0.352 e. The minimum atomic E-state index is 0.112. The van der Waals surface area contributed by atoms with Gasteiger partial charge in [0.25, 0.3) is 0 Å². The van der Waals surface area contributed by atoms with E-state index in [-0.39, 0.29) is 5.91 Å². The van der Waals surface area contributed by atoms with Gasteiger partial charge >= 0.3 is 0 Å². The van der Waals surface area contributed by atoms with E-state index in [0.717, 1.165) is 16.6 Å². The van der Waals surface area contributed by atoms with Crippen LogP contribution in [-0.2, 0) is 11.3 Å². The van der Waals surface area contributed by atoms with Gasteiger partial charge in [-0.05, 0) is 30.5 Å². The molecule has 0 aliphatic heterocycles. The Labute approximate surface area is 110 Å². The van der Waals surface area contributed by atoms with Crippen LogP contribution in [0.4, 0.5) is 0 Å². The Bertz CT molecular complexity index is 374. The molecule has 1 aliphatic carbocycles. The Morgan fingerprint density at radius 3 is 2.65 bits per heavy atom. The molecule has 0 bridgehead atoms. The highest BCUT2D eigenvalue weighted by Gasteiger charge is 2.19. The van der Waals surface area contributed by atoms with E-state index >= 15 is 0 Å². The topological polar surface area (TPSA) is 41.1 Å². The number of hydrogen-bond acceptors (Lipinski definition) is 2. The van der Waals surface area contributed by atoms with Crippen molar-refractivity contribution >= 4 is 21.8 Å². The van der Waals surface area contributed by atoms with Gasteiger partial charge in [-0.25, -0.2) is 0 Å². The lowest BCUT2D eigenvalue weighted by Crippen LogP contribution is -2.28. The third-order valence-corrected chi connectivity index (χ3v) is 3.29. The highest BCUT2D eigenvalue weighted by atomic mass is 79.9. The summed E-state index contributed by atoms with van der Waals surface area (Å²) >= 11 is 3.38. The number of carbonyl (C=O) groups excluding carboxylic acids is 1. The fourth-order valence-corrected chi connectivity index (χ4v) is 1.83. The Hall–Kier alpha value is -0.870. The predicted molar refractivity (Wildman–Crippen MR) is 71.6 cm³/mol. The number of nitrogens with one attached hydrogen (secondary N) is 2. The zero-order valence-corrected chi connectivity index (χ0v) is 11.3. The number of amides is 1. The molecule has 0 aromatic heterocycles. The molecular formula is C13H17BrN2O. The Balaban J connectivity index is 1.62. The van der Waals surface area contributed by atoms with Crippen LogP contribution < -0.4 is 10.6 Å². The molecule has 0 heterocycles. The summed E-state index contributed by atoms with van der Waals surface area (Å²) < 4.78 is 1.06. The first-order valence-electron chi connectivity index (χ1n) is 5.98. The molecule has 1 saturated carbocycles. The molecule has 92 valence electrons.